The zero-order valence-electron chi connectivity index (χ0n) is 11.4. The normalized spacial score (nSPS) is 18.8. The highest BCUT2D eigenvalue weighted by Gasteiger charge is 2.32. The Bertz CT molecular complexity index is 652. The molecule has 0 bridgehead atoms. The number of carbonyl (C=O) groups is 1. The van der Waals surface area contributed by atoms with Crippen LogP contribution in [0.25, 0.3) is 0 Å². The molecule has 0 spiro atoms. The van der Waals surface area contributed by atoms with E-state index in [1.807, 2.05) is 17.5 Å². The van der Waals surface area contributed by atoms with E-state index in [1.54, 1.807) is 12.3 Å². The minimum atomic E-state index is -0.416. The first-order valence-electron chi connectivity index (χ1n) is 6.44. The molecule has 3 rings (SSSR count). The fourth-order valence-corrected chi connectivity index (χ4v) is 2.99. The predicted molar refractivity (Wildman–Crippen MR) is 77.1 cm³/mol. The van der Waals surface area contributed by atoms with Crippen LogP contribution < -0.4 is 0 Å². The minimum Gasteiger partial charge on any atom is -0.469 e. The van der Waals surface area contributed by atoms with Crippen LogP contribution in [-0.4, -0.2) is 11.7 Å². The molecule has 0 amide bonds. The van der Waals surface area contributed by atoms with Crippen LogP contribution >= 0.6 is 11.3 Å². The Morgan fingerprint density at radius 2 is 2.25 bits per heavy atom. The summed E-state index contributed by atoms with van der Waals surface area (Å²) in [6.07, 6.45) is 3.28. The highest BCUT2D eigenvalue weighted by atomic mass is 32.1. The van der Waals surface area contributed by atoms with Crippen molar-refractivity contribution < 1.29 is 14.0 Å². The topological polar surface area (TPSA) is 51.8 Å². The molecule has 2 aromatic heterocycles. The maximum absolute atomic E-state index is 11.8. The van der Waals surface area contributed by atoms with Crippen molar-refractivity contribution in [1.82, 2.24) is 0 Å². The Morgan fingerprint density at radius 3 is 3.00 bits per heavy atom. The molecule has 1 aliphatic carbocycles. The monoisotopic (exact) mass is 289 g/mol. The molecule has 0 radical (unpaired) electrons. The molecule has 0 aromatic carbocycles. The zero-order chi connectivity index (χ0) is 14.2. The quantitative estimate of drug-likeness (QED) is 0.623. The van der Waals surface area contributed by atoms with E-state index in [1.165, 1.54) is 11.3 Å². The van der Waals surface area contributed by atoms with Gasteiger partial charge in [-0.25, -0.2) is 4.79 Å². The number of rotatable bonds is 2. The van der Waals surface area contributed by atoms with E-state index in [2.05, 4.69) is 19.0 Å². The second-order valence-corrected chi connectivity index (χ2v) is 6.62. The number of carbonyl (C=O) groups excluding carboxylic acids is 1. The van der Waals surface area contributed by atoms with E-state index in [4.69, 9.17) is 9.25 Å². The number of fused-ring (bicyclic) bond motifs is 1. The van der Waals surface area contributed by atoms with Gasteiger partial charge in [-0.3, -0.25) is 0 Å². The molecule has 0 aliphatic heterocycles. The van der Waals surface area contributed by atoms with Crippen LogP contribution in [0.4, 0.5) is 0 Å². The average Bonchev–Trinajstić information content (AvgIpc) is 3.04. The second-order valence-electron chi connectivity index (χ2n) is 5.67. The summed E-state index contributed by atoms with van der Waals surface area (Å²) >= 11 is 1.34. The van der Waals surface area contributed by atoms with Gasteiger partial charge in [0.2, 0.25) is 0 Å². The number of hydrogen-bond donors (Lipinski definition) is 0. The van der Waals surface area contributed by atoms with Gasteiger partial charge < -0.3 is 9.25 Å². The summed E-state index contributed by atoms with van der Waals surface area (Å²) in [7, 11) is 0. The smallest absolute Gasteiger partial charge is 0.375 e. The van der Waals surface area contributed by atoms with Gasteiger partial charge in [-0.15, -0.1) is 11.3 Å². The molecule has 0 saturated heterocycles. The van der Waals surface area contributed by atoms with Crippen molar-refractivity contribution in [3.63, 3.8) is 0 Å². The molecule has 1 aliphatic rings. The highest BCUT2D eigenvalue weighted by Crippen LogP contribution is 2.35. The number of thiophene rings is 1. The minimum absolute atomic E-state index is 0.0546. The van der Waals surface area contributed by atoms with Crippen molar-refractivity contribution in [3.05, 3.63) is 46.0 Å². The third kappa shape index (κ3) is 2.54. The lowest BCUT2D eigenvalue weighted by Crippen LogP contribution is -2.26. The molecule has 0 fully saturated rings. The molecule has 0 saturated carbocycles. The van der Waals surface area contributed by atoms with Crippen LogP contribution in [0, 0.1) is 5.41 Å². The van der Waals surface area contributed by atoms with Crippen LogP contribution in [0.15, 0.2) is 39.4 Å². The van der Waals surface area contributed by atoms with Crippen molar-refractivity contribution in [3.8, 4) is 0 Å². The van der Waals surface area contributed by atoms with Crippen LogP contribution in [0.2, 0.25) is 0 Å². The van der Waals surface area contributed by atoms with Crippen molar-refractivity contribution in [2.75, 3.05) is 0 Å². The van der Waals surface area contributed by atoms with Gasteiger partial charge in [-0.1, -0.05) is 25.1 Å². The zero-order valence-corrected chi connectivity index (χ0v) is 12.2. The van der Waals surface area contributed by atoms with E-state index in [9.17, 15) is 4.79 Å². The number of hydrogen-bond acceptors (Lipinski definition) is 5. The first-order chi connectivity index (χ1) is 9.55. The van der Waals surface area contributed by atoms with Gasteiger partial charge in [-0.2, -0.15) is 0 Å². The van der Waals surface area contributed by atoms with Gasteiger partial charge in [0, 0.05) is 12.0 Å². The Morgan fingerprint density at radius 1 is 1.40 bits per heavy atom. The molecule has 2 heterocycles. The number of oxime groups is 1. The SMILES string of the molecule is CC1(C)CC(=NOC(=O)c2cccs2)c2ccoc2C1. The number of furan rings is 1. The lowest BCUT2D eigenvalue weighted by molar-refractivity contribution is 0.0519. The molecular formula is C15H15NO3S. The summed E-state index contributed by atoms with van der Waals surface area (Å²) in [5, 5.41) is 5.90. The van der Waals surface area contributed by atoms with Gasteiger partial charge in [0.05, 0.1) is 12.0 Å². The lowest BCUT2D eigenvalue weighted by Gasteiger charge is -2.28. The van der Waals surface area contributed by atoms with Crippen LogP contribution in [0.1, 0.15) is 41.3 Å². The second kappa shape index (κ2) is 4.90. The van der Waals surface area contributed by atoms with Gasteiger partial charge in [0.1, 0.15) is 10.6 Å². The predicted octanol–water partition coefficient (Wildman–Crippen LogP) is 3.87. The first-order valence-corrected chi connectivity index (χ1v) is 7.32. The Kier molecular flexibility index (Phi) is 3.22. The lowest BCUT2D eigenvalue weighted by atomic mass is 9.76. The van der Waals surface area contributed by atoms with Crippen LogP contribution in [0.5, 0.6) is 0 Å². The summed E-state index contributed by atoms with van der Waals surface area (Å²) in [5.74, 6) is 0.494. The van der Waals surface area contributed by atoms with Crippen molar-refractivity contribution in [2.45, 2.75) is 26.7 Å². The molecule has 0 N–H and O–H groups in total. The van der Waals surface area contributed by atoms with Crippen LogP contribution in [-0.2, 0) is 11.3 Å². The number of nitrogens with zero attached hydrogens (tertiary/aromatic N) is 1. The van der Waals surface area contributed by atoms with E-state index in [-0.39, 0.29) is 5.41 Å². The van der Waals surface area contributed by atoms with Gasteiger partial charge >= 0.3 is 5.97 Å². The molecule has 104 valence electrons. The van der Waals surface area contributed by atoms with Gasteiger partial charge in [0.25, 0.3) is 0 Å². The van der Waals surface area contributed by atoms with Crippen molar-refractivity contribution in [2.24, 2.45) is 10.6 Å². The largest absolute Gasteiger partial charge is 0.469 e. The maximum atomic E-state index is 11.8. The maximum Gasteiger partial charge on any atom is 0.375 e. The summed E-state index contributed by atoms with van der Waals surface area (Å²) in [4.78, 5) is 17.4. The fraction of sp³-hybridized carbons (Fsp3) is 0.333. The average molecular weight is 289 g/mol. The molecule has 2 aromatic rings. The van der Waals surface area contributed by atoms with E-state index in [0.717, 1.165) is 29.9 Å². The highest BCUT2D eigenvalue weighted by molar-refractivity contribution is 7.11. The van der Waals surface area contributed by atoms with Crippen molar-refractivity contribution >= 4 is 23.0 Å². The molecule has 4 nitrogen and oxygen atoms in total. The molecule has 20 heavy (non-hydrogen) atoms. The summed E-state index contributed by atoms with van der Waals surface area (Å²) in [6, 6.07) is 5.41. The van der Waals surface area contributed by atoms with Gasteiger partial charge in [0.15, 0.2) is 0 Å². The molecule has 0 unspecified atom stereocenters. The first kappa shape index (κ1) is 13.1. The Balaban J connectivity index is 1.83. The van der Waals surface area contributed by atoms with E-state index >= 15 is 0 Å². The van der Waals surface area contributed by atoms with Crippen LogP contribution in [0.3, 0.4) is 0 Å². The van der Waals surface area contributed by atoms with E-state index < -0.39 is 5.97 Å². The molecule has 0 atom stereocenters. The summed E-state index contributed by atoms with van der Waals surface area (Å²) < 4.78 is 5.48. The fourth-order valence-electron chi connectivity index (χ4n) is 2.40. The third-order valence-corrected chi connectivity index (χ3v) is 4.15. The summed E-state index contributed by atoms with van der Waals surface area (Å²) in [5.41, 5.74) is 1.78. The molecule has 5 heteroatoms. The third-order valence-electron chi connectivity index (χ3n) is 3.30. The Hall–Kier alpha value is -1.88. The summed E-state index contributed by atoms with van der Waals surface area (Å²) in [6.45, 7) is 4.30. The standard InChI is InChI=1S/C15H15NO3S/c1-15(2)8-11(10-5-6-18-12(10)9-15)16-19-14(17)13-4-3-7-20-13/h3-7H,8-9H2,1-2H3. The van der Waals surface area contributed by atoms with E-state index in [0.29, 0.717) is 4.88 Å². The van der Waals surface area contributed by atoms with Crippen molar-refractivity contribution in [1.29, 1.82) is 0 Å². The molecular weight excluding hydrogens is 274 g/mol. The Labute approximate surface area is 121 Å². The van der Waals surface area contributed by atoms with Gasteiger partial charge in [-0.05, 0) is 29.3 Å².